The van der Waals surface area contributed by atoms with Crippen LogP contribution in [0.1, 0.15) is 54.1 Å². The molecule has 3 rings (SSSR count). The minimum Gasteiger partial charge on any atom is -0.504 e. The molecule has 0 saturated heterocycles. The maximum absolute atomic E-state index is 13.0. The number of carbonyl (C=O) groups excluding carboxylic acids is 1. The number of phenolic OH excluding ortho intramolecular Hbond substituents is 1. The van der Waals surface area contributed by atoms with Gasteiger partial charge < -0.3 is 15.2 Å². The van der Waals surface area contributed by atoms with Gasteiger partial charge in [-0.2, -0.15) is 0 Å². The van der Waals surface area contributed by atoms with Gasteiger partial charge in [0.15, 0.2) is 17.3 Å². The molecule has 2 aromatic carbocycles. The maximum atomic E-state index is 13.0. The number of carbonyl (C=O) groups is 1. The van der Waals surface area contributed by atoms with Gasteiger partial charge >= 0.3 is 0 Å². The number of benzene rings is 2. The minimum atomic E-state index is -0.0769. The average Bonchev–Trinajstić information content (AvgIpc) is 3.44. The first-order valence-corrected chi connectivity index (χ1v) is 8.79. The topological polar surface area (TPSA) is 58.6 Å². The molecule has 1 fully saturated rings. The van der Waals surface area contributed by atoms with Crippen LogP contribution in [0.25, 0.3) is 0 Å². The van der Waals surface area contributed by atoms with Crippen molar-refractivity contribution in [3.8, 4) is 11.5 Å². The number of ketones is 1. The Labute approximate surface area is 161 Å². The van der Waals surface area contributed by atoms with Crippen molar-refractivity contribution in [2.24, 2.45) is 5.92 Å². The van der Waals surface area contributed by atoms with E-state index in [1.165, 1.54) is 25.5 Å². The van der Waals surface area contributed by atoms with Crippen molar-refractivity contribution in [3.63, 3.8) is 0 Å². The quantitative estimate of drug-likeness (QED) is 0.668. The van der Waals surface area contributed by atoms with Crippen LogP contribution in [0.3, 0.4) is 0 Å². The molecule has 2 aromatic rings. The van der Waals surface area contributed by atoms with Gasteiger partial charge in [-0.15, -0.1) is 12.4 Å². The fourth-order valence-electron chi connectivity index (χ4n) is 2.82. The first kappa shape index (κ1) is 20.1. The Bertz CT molecular complexity index is 768. The number of anilines is 1. The van der Waals surface area contributed by atoms with E-state index >= 15 is 0 Å². The number of hydrogen-bond acceptors (Lipinski definition) is 4. The second-order valence-electron chi connectivity index (χ2n) is 7.00. The summed E-state index contributed by atoms with van der Waals surface area (Å²) >= 11 is 0. The summed E-state index contributed by atoms with van der Waals surface area (Å²) < 4.78 is 5.19. The Morgan fingerprint density at radius 3 is 2.42 bits per heavy atom. The molecule has 0 bridgehead atoms. The number of hydrogen-bond donors (Lipinski definition) is 2. The number of halogens is 1. The highest BCUT2D eigenvalue weighted by Crippen LogP contribution is 2.35. The van der Waals surface area contributed by atoms with Crippen LogP contribution >= 0.6 is 12.4 Å². The van der Waals surface area contributed by atoms with Crippen LogP contribution in [0.15, 0.2) is 36.4 Å². The number of methoxy groups -OCH3 is 1. The van der Waals surface area contributed by atoms with Crippen molar-refractivity contribution >= 4 is 23.9 Å². The summed E-state index contributed by atoms with van der Waals surface area (Å²) in [5, 5.41) is 13.4. The van der Waals surface area contributed by atoms with Crippen molar-refractivity contribution in [3.05, 3.63) is 53.1 Å². The van der Waals surface area contributed by atoms with Crippen molar-refractivity contribution in [2.75, 3.05) is 19.0 Å². The van der Waals surface area contributed by atoms with E-state index in [-0.39, 0.29) is 23.9 Å². The summed E-state index contributed by atoms with van der Waals surface area (Å²) in [7, 11) is 1.48. The molecule has 0 aromatic heterocycles. The van der Waals surface area contributed by atoms with Crippen molar-refractivity contribution < 1.29 is 14.6 Å². The smallest absolute Gasteiger partial charge is 0.195 e. The highest BCUT2D eigenvalue weighted by atomic mass is 35.5. The molecule has 0 atom stereocenters. The average molecular weight is 376 g/mol. The zero-order valence-corrected chi connectivity index (χ0v) is 16.2. The number of phenols is 1. The third-order valence-corrected chi connectivity index (χ3v) is 4.68. The molecule has 1 saturated carbocycles. The molecule has 0 heterocycles. The van der Waals surface area contributed by atoms with Crippen LogP contribution < -0.4 is 10.1 Å². The molecule has 0 radical (unpaired) electrons. The van der Waals surface area contributed by atoms with E-state index in [1.54, 1.807) is 12.1 Å². The van der Waals surface area contributed by atoms with Gasteiger partial charge in [-0.05, 0) is 36.3 Å². The minimum absolute atomic E-state index is 0. The standard InChI is InChI=1S/C21H25NO3.ClH/c1-13(2)15-6-8-16(9-7-15)21(24)17-10-20(25-3)19(23)11-18(17)22-12-14-4-5-14;/h6-11,13-14,22-23H,4-5,12H2,1-3H3;1H. The molecule has 0 aliphatic heterocycles. The predicted octanol–water partition coefficient (Wildman–Crippen LogP) is 5.00. The lowest BCUT2D eigenvalue weighted by Crippen LogP contribution is -2.10. The lowest BCUT2D eigenvalue weighted by Gasteiger charge is -2.14. The fourth-order valence-corrected chi connectivity index (χ4v) is 2.82. The lowest BCUT2D eigenvalue weighted by molar-refractivity contribution is 0.103. The predicted molar refractivity (Wildman–Crippen MR) is 107 cm³/mol. The molecular formula is C21H26ClNO3. The maximum Gasteiger partial charge on any atom is 0.195 e. The van der Waals surface area contributed by atoms with E-state index in [9.17, 15) is 9.90 Å². The number of ether oxygens (including phenoxy) is 1. The summed E-state index contributed by atoms with van der Waals surface area (Å²) in [6, 6.07) is 10.9. The zero-order valence-electron chi connectivity index (χ0n) is 15.4. The molecule has 1 aliphatic rings. The van der Waals surface area contributed by atoms with Gasteiger partial charge in [0.25, 0.3) is 0 Å². The van der Waals surface area contributed by atoms with Crippen LogP contribution in [0.4, 0.5) is 5.69 Å². The van der Waals surface area contributed by atoms with E-state index < -0.39 is 0 Å². The largest absolute Gasteiger partial charge is 0.504 e. The van der Waals surface area contributed by atoms with Crippen LogP contribution in [0, 0.1) is 5.92 Å². The first-order chi connectivity index (χ1) is 12.0. The normalized spacial score (nSPS) is 13.2. The van der Waals surface area contributed by atoms with Gasteiger partial charge in [0.1, 0.15) is 0 Å². The summed E-state index contributed by atoms with van der Waals surface area (Å²) in [6.07, 6.45) is 2.43. The summed E-state index contributed by atoms with van der Waals surface area (Å²) in [5.74, 6) is 1.35. The van der Waals surface area contributed by atoms with Crippen LogP contribution in [-0.4, -0.2) is 24.5 Å². The van der Waals surface area contributed by atoms with Crippen molar-refractivity contribution in [1.29, 1.82) is 0 Å². The fraction of sp³-hybridized carbons (Fsp3) is 0.381. The molecular weight excluding hydrogens is 350 g/mol. The van der Waals surface area contributed by atoms with Crippen molar-refractivity contribution in [1.82, 2.24) is 0 Å². The molecule has 4 nitrogen and oxygen atoms in total. The van der Waals surface area contributed by atoms with E-state index in [0.717, 1.165) is 6.54 Å². The number of nitrogens with one attached hydrogen (secondary N) is 1. The Balaban J connectivity index is 0.00000243. The molecule has 5 heteroatoms. The van der Waals surface area contributed by atoms with Gasteiger partial charge in [0.05, 0.1) is 7.11 Å². The first-order valence-electron chi connectivity index (χ1n) is 8.79. The molecule has 0 spiro atoms. The Morgan fingerprint density at radius 2 is 1.88 bits per heavy atom. The van der Waals surface area contributed by atoms with E-state index in [2.05, 4.69) is 19.2 Å². The van der Waals surface area contributed by atoms with Crippen LogP contribution in [0.5, 0.6) is 11.5 Å². The third kappa shape index (κ3) is 4.50. The van der Waals surface area contributed by atoms with Gasteiger partial charge in [-0.3, -0.25) is 4.79 Å². The van der Waals surface area contributed by atoms with Gasteiger partial charge in [-0.25, -0.2) is 0 Å². The summed E-state index contributed by atoms with van der Waals surface area (Å²) in [4.78, 5) is 13.0. The Kier molecular flexibility index (Phi) is 6.54. The number of aromatic hydroxyl groups is 1. The Hall–Kier alpha value is -2.20. The monoisotopic (exact) mass is 375 g/mol. The second-order valence-corrected chi connectivity index (χ2v) is 7.00. The van der Waals surface area contributed by atoms with E-state index in [0.29, 0.717) is 34.4 Å². The van der Waals surface area contributed by atoms with Gasteiger partial charge in [0, 0.05) is 29.4 Å². The lowest BCUT2D eigenvalue weighted by atomic mass is 9.97. The number of rotatable bonds is 7. The van der Waals surface area contributed by atoms with Crippen molar-refractivity contribution in [2.45, 2.75) is 32.6 Å². The van der Waals surface area contributed by atoms with Crippen LogP contribution in [0.2, 0.25) is 0 Å². The molecule has 26 heavy (non-hydrogen) atoms. The van der Waals surface area contributed by atoms with Gasteiger partial charge in [0.2, 0.25) is 0 Å². The second kappa shape index (κ2) is 8.45. The summed E-state index contributed by atoms with van der Waals surface area (Å²) in [5.41, 5.74) is 3.01. The highest BCUT2D eigenvalue weighted by molar-refractivity contribution is 6.12. The molecule has 0 amide bonds. The SMILES string of the molecule is COc1cc(C(=O)c2ccc(C(C)C)cc2)c(NCC2CC2)cc1O.Cl. The Morgan fingerprint density at radius 1 is 1.23 bits per heavy atom. The summed E-state index contributed by atoms with van der Waals surface area (Å²) in [6.45, 7) is 5.07. The van der Waals surface area contributed by atoms with Gasteiger partial charge in [-0.1, -0.05) is 38.1 Å². The van der Waals surface area contributed by atoms with E-state index in [4.69, 9.17) is 4.74 Å². The third-order valence-electron chi connectivity index (χ3n) is 4.68. The zero-order chi connectivity index (χ0) is 18.0. The highest BCUT2D eigenvalue weighted by Gasteiger charge is 2.23. The van der Waals surface area contributed by atoms with Crippen LogP contribution in [-0.2, 0) is 0 Å². The molecule has 2 N–H and O–H groups in total. The molecule has 1 aliphatic carbocycles. The molecule has 0 unspecified atom stereocenters. The van der Waals surface area contributed by atoms with E-state index in [1.807, 2.05) is 24.3 Å². The molecule has 140 valence electrons.